The van der Waals surface area contributed by atoms with Gasteiger partial charge in [0.1, 0.15) is 0 Å². The van der Waals surface area contributed by atoms with E-state index in [1.807, 2.05) is 38.4 Å². The Morgan fingerprint density at radius 3 is 2.53 bits per heavy atom. The first-order valence-electron chi connectivity index (χ1n) is 12.5. The fourth-order valence-electron chi connectivity index (χ4n) is 5.72. The average Bonchev–Trinajstić information content (AvgIpc) is 3.41. The maximum atomic E-state index is 12.4. The molecule has 4 heterocycles. The van der Waals surface area contributed by atoms with Crippen LogP contribution in [0.2, 0.25) is 0 Å². The van der Waals surface area contributed by atoms with Crippen LogP contribution in [0.15, 0.2) is 60.8 Å². The fraction of sp³-hybridized carbons (Fsp3) is 0.310. The monoisotopic (exact) mass is 479 g/mol. The largest absolute Gasteiger partial charge is 0.381 e. The molecule has 0 bridgehead atoms. The van der Waals surface area contributed by atoms with Gasteiger partial charge in [0.15, 0.2) is 5.78 Å². The summed E-state index contributed by atoms with van der Waals surface area (Å²) in [5.41, 5.74) is 7.76. The summed E-state index contributed by atoms with van der Waals surface area (Å²) < 4.78 is 9.95. The average molecular weight is 480 g/mol. The normalized spacial score (nSPS) is 15.5. The van der Waals surface area contributed by atoms with Crippen molar-refractivity contribution in [2.75, 3.05) is 13.2 Å². The lowest BCUT2D eigenvalue weighted by molar-refractivity contribution is 0.0553. The van der Waals surface area contributed by atoms with Gasteiger partial charge in [-0.15, -0.1) is 5.10 Å². The van der Waals surface area contributed by atoms with Crippen LogP contribution in [0.5, 0.6) is 0 Å². The molecular formula is C29H29N5O2. The van der Waals surface area contributed by atoms with Gasteiger partial charge in [-0.2, -0.15) is 0 Å². The van der Waals surface area contributed by atoms with E-state index >= 15 is 0 Å². The second-order valence-corrected chi connectivity index (χ2v) is 9.70. The van der Waals surface area contributed by atoms with E-state index in [0.29, 0.717) is 11.5 Å². The number of pyridine rings is 1. The summed E-state index contributed by atoms with van der Waals surface area (Å²) in [5, 5.41) is 9.51. The molecule has 0 aliphatic carbocycles. The van der Waals surface area contributed by atoms with Gasteiger partial charge in [0, 0.05) is 43.0 Å². The van der Waals surface area contributed by atoms with Crippen molar-refractivity contribution < 1.29 is 9.53 Å². The van der Waals surface area contributed by atoms with Crippen LogP contribution in [0, 0.1) is 12.8 Å². The molecule has 1 aliphatic heterocycles. The molecule has 1 atom stereocenters. The third-order valence-corrected chi connectivity index (χ3v) is 7.45. The summed E-state index contributed by atoms with van der Waals surface area (Å²) in [6.45, 7) is 5.10. The minimum Gasteiger partial charge on any atom is -0.381 e. The number of ether oxygens (including phenoxy) is 1. The molecule has 0 N–H and O–H groups in total. The maximum Gasteiger partial charge on any atom is 0.159 e. The number of aryl methyl sites for hydroxylation is 2. The molecule has 5 aromatic rings. The van der Waals surface area contributed by atoms with E-state index in [0.717, 1.165) is 64.9 Å². The zero-order chi connectivity index (χ0) is 24.8. The fourth-order valence-corrected chi connectivity index (χ4v) is 5.72. The number of carbonyl (C=O) groups is 1. The number of benzene rings is 2. The van der Waals surface area contributed by atoms with Gasteiger partial charge in [-0.05, 0) is 56.4 Å². The second-order valence-electron chi connectivity index (χ2n) is 9.70. The molecule has 36 heavy (non-hydrogen) atoms. The Balaban J connectivity index is 1.69. The van der Waals surface area contributed by atoms with Crippen molar-refractivity contribution in [1.29, 1.82) is 0 Å². The first kappa shape index (κ1) is 22.6. The first-order valence-corrected chi connectivity index (χ1v) is 12.5. The highest BCUT2D eigenvalue weighted by Gasteiger charge is 2.30. The summed E-state index contributed by atoms with van der Waals surface area (Å²) in [6.07, 6.45) is 3.86. The molecule has 0 spiro atoms. The molecule has 2 aromatic carbocycles. The molecule has 3 aromatic heterocycles. The van der Waals surface area contributed by atoms with Crippen LogP contribution < -0.4 is 0 Å². The minimum absolute atomic E-state index is 0.0567. The van der Waals surface area contributed by atoms with E-state index in [4.69, 9.17) is 9.72 Å². The lowest BCUT2D eigenvalue weighted by Crippen LogP contribution is -2.27. The molecule has 1 aliphatic rings. The highest BCUT2D eigenvalue weighted by Crippen LogP contribution is 2.41. The molecule has 1 saturated heterocycles. The Labute approximate surface area is 209 Å². The smallest absolute Gasteiger partial charge is 0.159 e. The SMILES string of the molecule is CC(=O)c1ccc2c3ncc(-c4c(C)nnn4C)cc3n(C(c3ccccc3)C3CCOCC3)c2c1. The number of Topliss-reactive ketones (excluding diaryl/α,β-unsaturated/α-hetero) is 1. The van der Waals surface area contributed by atoms with Crippen molar-refractivity contribution in [3.05, 3.63) is 77.6 Å². The van der Waals surface area contributed by atoms with E-state index in [2.05, 4.69) is 51.3 Å². The van der Waals surface area contributed by atoms with Crippen molar-refractivity contribution in [1.82, 2.24) is 24.5 Å². The summed E-state index contributed by atoms with van der Waals surface area (Å²) in [7, 11) is 1.91. The quantitative estimate of drug-likeness (QED) is 0.311. The predicted octanol–water partition coefficient (Wildman–Crippen LogP) is 5.51. The summed E-state index contributed by atoms with van der Waals surface area (Å²) in [4.78, 5) is 17.3. The van der Waals surface area contributed by atoms with E-state index in [1.165, 1.54) is 5.56 Å². The van der Waals surface area contributed by atoms with Crippen molar-refractivity contribution >= 4 is 27.7 Å². The van der Waals surface area contributed by atoms with Crippen LogP contribution in [0.25, 0.3) is 33.2 Å². The molecule has 1 fully saturated rings. The number of carbonyl (C=O) groups excluding carboxylic acids is 1. The Morgan fingerprint density at radius 2 is 1.83 bits per heavy atom. The van der Waals surface area contributed by atoms with Crippen LogP contribution in [0.1, 0.15) is 47.4 Å². The summed E-state index contributed by atoms with van der Waals surface area (Å²) >= 11 is 0. The van der Waals surface area contributed by atoms with Gasteiger partial charge in [-0.1, -0.05) is 41.6 Å². The van der Waals surface area contributed by atoms with Gasteiger partial charge in [0.25, 0.3) is 0 Å². The zero-order valence-corrected chi connectivity index (χ0v) is 20.8. The number of fused-ring (bicyclic) bond motifs is 3. The van der Waals surface area contributed by atoms with Gasteiger partial charge in [0.2, 0.25) is 0 Å². The molecule has 0 radical (unpaired) electrons. The van der Waals surface area contributed by atoms with Crippen LogP contribution in [-0.4, -0.2) is 43.5 Å². The van der Waals surface area contributed by atoms with Gasteiger partial charge in [-0.3, -0.25) is 9.78 Å². The molecular weight excluding hydrogens is 450 g/mol. The summed E-state index contributed by atoms with van der Waals surface area (Å²) in [6, 6.07) is 18.9. The Morgan fingerprint density at radius 1 is 1.06 bits per heavy atom. The maximum absolute atomic E-state index is 12.4. The Bertz CT molecular complexity index is 1560. The van der Waals surface area contributed by atoms with E-state index in [-0.39, 0.29) is 11.8 Å². The third-order valence-electron chi connectivity index (χ3n) is 7.45. The van der Waals surface area contributed by atoms with Crippen LogP contribution >= 0.6 is 0 Å². The Kier molecular flexibility index (Phi) is 5.64. The predicted molar refractivity (Wildman–Crippen MR) is 140 cm³/mol. The minimum atomic E-state index is 0.0567. The molecule has 7 heteroatoms. The van der Waals surface area contributed by atoms with Crippen LogP contribution in [0.4, 0.5) is 0 Å². The number of rotatable bonds is 5. The Hall–Kier alpha value is -3.84. The van der Waals surface area contributed by atoms with Gasteiger partial charge >= 0.3 is 0 Å². The van der Waals surface area contributed by atoms with E-state index in [1.54, 1.807) is 11.6 Å². The van der Waals surface area contributed by atoms with E-state index < -0.39 is 0 Å². The van der Waals surface area contributed by atoms with Crippen molar-refractivity contribution in [3.63, 3.8) is 0 Å². The molecule has 0 amide bonds. The number of nitrogens with zero attached hydrogens (tertiary/aromatic N) is 5. The number of ketones is 1. The molecule has 1 unspecified atom stereocenters. The number of aromatic nitrogens is 5. The van der Waals surface area contributed by atoms with Crippen LogP contribution in [0.3, 0.4) is 0 Å². The standard InChI is InChI=1S/C29H29N5O2/c1-18-28(33(3)32-31-18)23-16-26-27(30-17-23)24-10-9-22(19(2)35)15-25(24)34(26)29(20-7-5-4-6-8-20)21-11-13-36-14-12-21/h4-10,15-17,21,29H,11-14H2,1-3H3. The number of hydrogen-bond acceptors (Lipinski definition) is 5. The molecule has 0 saturated carbocycles. The number of hydrogen-bond donors (Lipinski definition) is 0. The molecule has 6 rings (SSSR count). The van der Waals surface area contributed by atoms with Gasteiger partial charge in [-0.25, -0.2) is 4.68 Å². The van der Waals surface area contributed by atoms with Crippen molar-refractivity contribution in [3.8, 4) is 11.3 Å². The van der Waals surface area contributed by atoms with Gasteiger partial charge in [0.05, 0.1) is 34.0 Å². The highest BCUT2D eigenvalue weighted by atomic mass is 16.5. The molecule has 7 nitrogen and oxygen atoms in total. The lowest BCUT2D eigenvalue weighted by Gasteiger charge is -2.33. The van der Waals surface area contributed by atoms with Gasteiger partial charge < -0.3 is 9.30 Å². The summed E-state index contributed by atoms with van der Waals surface area (Å²) in [5.74, 6) is 0.450. The van der Waals surface area contributed by atoms with Crippen molar-refractivity contribution in [2.45, 2.75) is 32.7 Å². The first-order chi connectivity index (χ1) is 17.5. The molecule has 182 valence electrons. The van der Waals surface area contributed by atoms with Crippen LogP contribution in [-0.2, 0) is 11.8 Å². The third kappa shape index (κ3) is 3.71. The zero-order valence-electron chi connectivity index (χ0n) is 20.8. The second kappa shape index (κ2) is 8.99. The topological polar surface area (TPSA) is 74.8 Å². The highest BCUT2D eigenvalue weighted by molar-refractivity contribution is 6.09. The van der Waals surface area contributed by atoms with Crippen molar-refractivity contribution in [2.24, 2.45) is 13.0 Å². The lowest BCUT2D eigenvalue weighted by atomic mass is 9.86. The van der Waals surface area contributed by atoms with E-state index in [9.17, 15) is 4.79 Å².